The number of nitrogen functional groups attached to an aromatic ring is 1. The Bertz CT molecular complexity index is 471. The van der Waals surface area contributed by atoms with Gasteiger partial charge in [-0.2, -0.15) is 0 Å². The quantitative estimate of drug-likeness (QED) is 0.857. The molecule has 0 amide bonds. The monoisotopic (exact) mass is 219 g/mol. The van der Waals surface area contributed by atoms with E-state index in [4.69, 9.17) is 5.73 Å². The summed E-state index contributed by atoms with van der Waals surface area (Å²) >= 11 is 0. The van der Waals surface area contributed by atoms with E-state index in [1.165, 1.54) is 6.07 Å². The summed E-state index contributed by atoms with van der Waals surface area (Å²) in [5, 5.41) is 0. The fourth-order valence-corrected chi connectivity index (χ4v) is 1.63. The van der Waals surface area contributed by atoms with Crippen molar-refractivity contribution in [3.05, 3.63) is 47.5 Å². The molecule has 0 aliphatic heterocycles. The first-order chi connectivity index (χ1) is 7.66. The highest BCUT2D eigenvalue weighted by atomic mass is 19.1. The van der Waals surface area contributed by atoms with Crippen LogP contribution in [0.25, 0.3) is 0 Å². The van der Waals surface area contributed by atoms with Gasteiger partial charge in [-0.1, -0.05) is 18.2 Å². The molecule has 4 heteroatoms. The molecule has 1 heterocycles. The second-order valence-corrected chi connectivity index (χ2v) is 3.79. The molecule has 0 radical (unpaired) electrons. The molecule has 16 heavy (non-hydrogen) atoms. The molecule has 0 aliphatic rings. The van der Waals surface area contributed by atoms with Crippen LogP contribution in [0.2, 0.25) is 0 Å². The van der Waals surface area contributed by atoms with Gasteiger partial charge in [-0.15, -0.1) is 0 Å². The minimum absolute atomic E-state index is 0.161. The lowest BCUT2D eigenvalue weighted by Gasteiger charge is -2.00. The van der Waals surface area contributed by atoms with E-state index in [1.54, 1.807) is 16.7 Å². The lowest BCUT2D eigenvalue weighted by atomic mass is 10.1. The topological polar surface area (TPSA) is 43.8 Å². The molecule has 0 unspecified atom stereocenters. The maximum absolute atomic E-state index is 13.3. The molecule has 0 saturated heterocycles. The molecule has 2 aromatic rings. The second kappa shape index (κ2) is 4.35. The molecule has 0 bridgehead atoms. The third-order valence-corrected chi connectivity index (χ3v) is 2.57. The van der Waals surface area contributed by atoms with Gasteiger partial charge in [-0.05, 0) is 24.5 Å². The first kappa shape index (κ1) is 10.7. The summed E-state index contributed by atoms with van der Waals surface area (Å²) < 4.78 is 15.1. The minimum atomic E-state index is -0.161. The fraction of sp³-hybridized carbons (Fsp3) is 0.250. The van der Waals surface area contributed by atoms with Crippen LogP contribution in [0.3, 0.4) is 0 Å². The number of nitrogens with zero attached hydrogens (tertiary/aromatic N) is 2. The molecular weight excluding hydrogens is 205 g/mol. The van der Waals surface area contributed by atoms with Gasteiger partial charge in [-0.25, -0.2) is 9.37 Å². The van der Waals surface area contributed by atoms with Crippen LogP contribution in [-0.4, -0.2) is 9.55 Å². The smallest absolute Gasteiger partial charge is 0.200 e. The molecule has 1 aromatic heterocycles. The average Bonchev–Trinajstić information content (AvgIpc) is 2.57. The van der Waals surface area contributed by atoms with Crippen molar-refractivity contribution in [1.29, 1.82) is 0 Å². The molecule has 3 nitrogen and oxygen atoms in total. The number of nitrogens with two attached hydrogens (primary N) is 1. The second-order valence-electron chi connectivity index (χ2n) is 3.79. The van der Waals surface area contributed by atoms with Gasteiger partial charge >= 0.3 is 0 Å². The van der Waals surface area contributed by atoms with Crippen molar-refractivity contribution in [3.8, 4) is 0 Å². The number of rotatable bonds is 3. The predicted octanol–water partition coefficient (Wildman–Crippen LogP) is 1.93. The van der Waals surface area contributed by atoms with Gasteiger partial charge in [0.1, 0.15) is 5.82 Å². The summed E-state index contributed by atoms with van der Waals surface area (Å²) in [6, 6.07) is 6.80. The number of anilines is 1. The molecule has 2 rings (SSSR count). The highest BCUT2D eigenvalue weighted by Gasteiger charge is 2.04. The van der Waals surface area contributed by atoms with Crippen molar-refractivity contribution in [1.82, 2.24) is 9.55 Å². The highest BCUT2D eigenvalue weighted by molar-refractivity contribution is 5.23. The van der Waals surface area contributed by atoms with Crippen LogP contribution in [0.15, 0.2) is 30.5 Å². The van der Waals surface area contributed by atoms with Crippen molar-refractivity contribution in [2.24, 2.45) is 7.05 Å². The number of aryl methyl sites for hydroxylation is 3. The summed E-state index contributed by atoms with van der Waals surface area (Å²) in [4.78, 5) is 4.17. The van der Waals surface area contributed by atoms with E-state index < -0.39 is 0 Å². The molecular formula is C12H14FN3. The molecule has 2 N–H and O–H groups in total. The Morgan fingerprint density at radius 2 is 2.06 bits per heavy atom. The summed E-state index contributed by atoms with van der Waals surface area (Å²) in [7, 11) is 1.84. The first-order valence-electron chi connectivity index (χ1n) is 5.18. The van der Waals surface area contributed by atoms with Crippen LogP contribution in [0.5, 0.6) is 0 Å². The van der Waals surface area contributed by atoms with Crippen LogP contribution in [0, 0.1) is 5.82 Å². The van der Waals surface area contributed by atoms with Gasteiger partial charge in [0.05, 0.1) is 5.69 Å². The Labute approximate surface area is 93.7 Å². The molecule has 84 valence electrons. The van der Waals surface area contributed by atoms with E-state index in [1.807, 2.05) is 19.3 Å². The zero-order valence-electron chi connectivity index (χ0n) is 9.15. The Kier molecular flexibility index (Phi) is 2.90. The lowest BCUT2D eigenvalue weighted by Crippen LogP contribution is -1.95. The van der Waals surface area contributed by atoms with E-state index >= 15 is 0 Å². The molecule has 1 aromatic carbocycles. The largest absolute Gasteiger partial charge is 0.369 e. The summed E-state index contributed by atoms with van der Waals surface area (Å²) in [5.74, 6) is 0.329. The van der Waals surface area contributed by atoms with Crippen molar-refractivity contribution in [2.45, 2.75) is 12.8 Å². The number of hydrogen-bond donors (Lipinski definition) is 1. The Hall–Kier alpha value is -1.84. The molecule has 0 fully saturated rings. The fourth-order valence-electron chi connectivity index (χ4n) is 1.63. The average molecular weight is 219 g/mol. The Morgan fingerprint density at radius 1 is 1.31 bits per heavy atom. The minimum Gasteiger partial charge on any atom is -0.369 e. The van der Waals surface area contributed by atoms with Crippen molar-refractivity contribution in [3.63, 3.8) is 0 Å². The van der Waals surface area contributed by atoms with Gasteiger partial charge < -0.3 is 10.3 Å². The van der Waals surface area contributed by atoms with E-state index in [2.05, 4.69) is 4.98 Å². The van der Waals surface area contributed by atoms with E-state index in [0.717, 1.165) is 5.69 Å². The van der Waals surface area contributed by atoms with Crippen LogP contribution < -0.4 is 5.73 Å². The number of aromatic nitrogens is 2. The number of hydrogen-bond acceptors (Lipinski definition) is 2. The lowest BCUT2D eigenvalue weighted by molar-refractivity contribution is 0.608. The maximum atomic E-state index is 13.3. The standard InChI is InChI=1S/C12H14FN3/c1-16-8-10(15-12(16)14)7-6-9-4-2-3-5-11(9)13/h2-5,8H,6-7H2,1H3,(H2,14,15). The van der Waals surface area contributed by atoms with Crippen LogP contribution in [-0.2, 0) is 19.9 Å². The summed E-state index contributed by atoms with van der Waals surface area (Å²) in [6.07, 6.45) is 3.21. The SMILES string of the molecule is Cn1cc(CCc2ccccc2F)nc1N. The van der Waals surface area contributed by atoms with Crippen LogP contribution >= 0.6 is 0 Å². The third-order valence-electron chi connectivity index (χ3n) is 2.57. The van der Waals surface area contributed by atoms with Gasteiger partial charge in [0.15, 0.2) is 5.95 Å². The predicted molar refractivity (Wildman–Crippen MR) is 61.4 cm³/mol. The molecule has 0 atom stereocenters. The number of imidazole rings is 1. The molecule has 0 saturated carbocycles. The zero-order valence-corrected chi connectivity index (χ0v) is 9.15. The molecule has 0 aliphatic carbocycles. The van der Waals surface area contributed by atoms with Gasteiger partial charge in [0.25, 0.3) is 0 Å². The van der Waals surface area contributed by atoms with Crippen molar-refractivity contribution in [2.75, 3.05) is 5.73 Å². The normalized spacial score (nSPS) is 10.6. The van der Waals surface area contributed by atoms with Crippen LogP contribution in [0.4, 0.5) is 10.3 Å². The van der Waals surface area contributed by atoms with Crippen LogP contribution in [0.1, 0.15) is 11.3 Å². The first-order valence-corrected chi connectivity index (χ1v) is 5.18. The van der Waals surface area contributed by atoms with Crippen molar-refractivity contribution < 1.29 is 4.39 Å². The van der Waals surface area contributed by atoms with E-state index in [0.29, 0.717) is 24.4 Å². The van der Waals surface area contributed by atoms with Crippen molar-refractivity contribution >= 4 is 5.95 Å². The summed E-state index contributed by atoms with van der Waals surface area (Å²) in [5.41, 5.74) is 7.22. The number of halogens is 1. The zero-order chi connectivity index (χ0) is 11.5. The number of benzene rings is 1. The highest BCUT2D eigenvalue weighted by Crippen LogP contribution is 2.11. The maximum Gasteiger partial charge on any atom is 0.200 e. The van der Waals surface area contributed by atoms with Gasteiger partial charge in [-0.3, -0.25) is 0 Å². The Morgan fingerprint density at radius 3 is 2.69 bits per heavy atom. The third kappa shape index (κ3) is 2.21. The summed E-state index contributed by atoms with van der Waals surface area (Å²) in [6.45, 7) is 0. The molecule has 0 spiro atoms. The van der Waals surface area contributed by atoms with E-state index in [-0.39, 0.29) is 5.82 Å². The Balaban J connectivity index is 2.05. The van der Waals surface area contributed by atoms with Gasteiger partial charge in [0, 0.05) is 13.2 Å². The van der Waals surface area contributed by atoms with Gasteiger partial charge in [0.2, 0.25) is 0 Å². The van der Waals surface area contributed by atoms with E-state index in [9.17, 15) is 4.39 Å².